The monoisotopic (exact) mass is 410 g/mol. The lowest BCUT2D eigenvalue weighted by molar-refractivity contribution is -0.140. The lowest BCUT2D eigenvalue weighted by Gasteiger charge is -2.44. The van der Waals surface area contributed by atoms with Gasteiger partial charge in [-0.1, -0.05) is 30.1 Å². The number of carbonyl (C=O) groups excluding carboxylic acids is 3. The number of hydrogen-bond acceptors (Lipinski definition) is 5. The van der Waals surface area contributed by atoms with E-state index in [2.05, 4.69) is 10.5 Å². The van der Waals surface area contributed by atoms with Crippen molar-refractivity contribution in [1.82, 2.24) is 20.3 Å². The summed E-state index contributed by atoms with van der Waals surface area (Å²) >= 11 is 0. The molecule has 2 aliphatic heterocycles. The molecule has 158 valence electrons. The van der Waals surface area contributed by atoms with Gasteiger partial charge in [-0.3, -0.25) is 14.5 Å². The molecule has 0 spiro atoms. The molecule has 30 heavy (non-hydrogen) atoms. The van der Waals surface area contributed by atoms with E-state index >= 15 is 0 Å². The number of likely N-dealkylation sites (tertiary alicyclic amines) is 1. The maximum Gasteiger partial charge on any atom is 0.324 e. The van der Waals surface area contributed by atoms with Gasteiger partial charge in [0.25, 0.3) is 0 Å². The molecular weight excluding hydrogens is 384 g/mol. The van der Waals surface area contributed by atoms with Crippen LogP contribution in [0.3, 0.4) is 0 Å². The van der Waals surface area contributed by atoms with E-state index in [9.17, 15) is 14.4 Å². The normalized spacial score (nSPS) is 25.3. The van der Waals surface area contributed by atoms with E-state index in [0.717, 1.165) is 31.1 Å². The van der Waals surface area contributed by atoms with Gasteiger partial charge in [0.1, 0.15) is 5.69 Å². The Morgan fingerprint density at radius 2 is 1.87 bits per heavy atom. The summed E-state index contributed by atoms with van der Waals surface area (Å²) in [5.41, 5.74) is 1.32. The Labute approximate surface area is 174 Å². The van der Waals surface area contributed by atoms with Crippen LogP contribution in [0.25, 0.3) is 11.0 Å². The van der Waals surface area contributed by atoms with Crippen LogP contribution >= 0.6 is 0 Å². The number of fused-ring (bicyclic) bond motifs is 2. The first-order valence-electron chi connectivity index (χ1n) is 10.9. The van der Waals surface area contributed by atoms with Gasteiger partial charge >= 0.3 is 6.03 Å². The van der Waals surface area contributed by atoms with E-state index < -0.39 is 0 Å². The molecule has 3 fully saturated rings. The number of nitrogens with zero attached hydrogens (tertiary/aromatic N) is 3. The van der Waals surface area contributed by atoms with E-state index in [0.29, 0.717) is 37.2 Å². The number of hydrogen-bond donors (Lipinski definition) is 1. The number of amides is 4. The molecular formula is C22H26N4O4. The highest BCUT2D eigenvalue weighted by Gasteiger charge is 2.45. The highest BCUT2D eigenvalue weighted by molar-refractivity contribution is 5.99. The van der Waals surface area contributed by atoms with E-state index in [4.69, 9.17) is 4.52 Å². The van der Waals surface area contributed by atoms with Crippen LogP contribution in [0.15, 0.2) is 28.8 Å². The summed E-state index contributed by atoms with van der Waals surface area (Å²) in [4.78, 5) is 41.6. The smallest absolute Gasteiger partial charge is 0.324 e. The molecule has 1 aromatic carbocycles. The number of para-hydroxylation sites is 1. The molecule has 2 atom stereocenters. The van der Waals surface area contributed by atoms with Crippen molar-refractivity contribution in [2.24, 2.45) is 5.92 Å². The average molecular weight is 410 g/mol. The fourth-order valence-electron chi connectivity index (χ4n) is 5.15. The molecule has 1 aromatic heterocycles. The zero-order valence-corrected chi connectivity index (χ0v) is 16.9. The SMILES string of the molecule is O=C(Cc1noc2ccccc12)N1CCC(N2C(=O)NC3CCCCC3C2=O)CC1. The van der Waals surface area contributed by atoms with E-state index in [1.807, 2.05) is 24.3 Å². The van der Waals surface area contributed by atoms with E-state index in [-0.39, 0.29) is 42.3 Å². The quantitative estimate of drug-likeness (QED) is 0.839. The molecule has 2 saturated heterocycles. The number of piperidine rings is 1. The Morgan fingerprint density at radius 3 is 2.70 bits per heavy atom. The van der Waals surface area contributed by atoms with Crippen molar-refractivity contribution in [1.29, 1.82) is 0 Å². The van der Waals surface area contributed by atoms with Gasteiger partial charge in [-0.25, -0.2) is 4.79 Å². The first-order chi connectivity index (χ1) is 14.6. The minimum atomic E-state index is -0.262. The van der Waals surface area contributed by atoms with Crippen LogP contribution in [0.5, 0.6) is 0 Å². The van der Waals surface area contributed by atoms with Crippen LogP contribution in [-0.2, 0) is 16.0 Å². The Hall–Kier alpha value is -2.90. The second-order valence-corrected chi connectivity index (χ2v) is 8.57. The largest absolute Gasteiger partial charge is 0.356 e. The van der Waals surface area contributed by atoms with E-state index in [1.54, 1.807) is 4.90 Å². The van der Waals surface area contributed by atoms with Crippen molar-refractivity contribution in [3.8, 4) is 0 Å². The zero-order chi connectivity index (χ0) is 20.7. The summed E-state index contributed by atoms with van der Waals surface area (Å²) in [5, 5.41) is 7.95. The van der Waals surface area contributed by atoms with Crippen LogP contribution in [0.1, 0.15) is 44.2 Å². The third-order valence-electron chi connectivity index (χ3n) is 6.80. The lowest BCUT2D eigenvalue weighted by Crippen LogP contribution is -2.64. The zero-order valence-electron chi connectivity index (χ0n) is 16.9. The first kappa shape index (κ1) is 19.1. The Morgan fingerprint density at radius 1 is 1.10 bits per heavy atom. The minimum absolute atomic E-state index is 0.00531. The average Bonchev–Trinajstić information content (AvgIpc) is 3.17. The lowest BCUT2D eigenvalue weighted by atomic mass is 9.81. The van der Waals surface area contributed by atoms with Gasteiger partial charge in [0.05, 0.1) is 12.3 Å². The highest BCUT2D eigenvalue weighted by atomic mass is 16.5. The van der Waals surface area contributed by atoms with Crippen LogP contribution in [-0.4, -0.2) is 58.0 Å². The number of nitrogens with one attached hydrogen (secondary N) is 1. The molecule has 3 heterocycles. The minimum Gasteiger partial charge on any atom is -0.356 e. The van der Waals surface area contributed by atoms with Crippen molar-refractivity contribution >= 4 is 28.8 Å². The molecule has 8 nitrogen and oxygen atoms in total. The summed E-state index contributed by atoms with van der Waals surface area (Å²) in [6, 6.07) is 7.10. The Bertz CT molecular complexity index is 978. The first-order valence-corrected chi connectivity index (χ1v) is 10.9. The maximum absolute atomic E-state index is 13.0. The van der Waals surface area contributed by atoms with Gasteiger partial charge in [-0.05, 0) is 37.8 Å². The number of rotatable bonds is 3. The fourth-order valence-corrected chi connectivity index (χ4v) is 5.15. The van der Waals surface area contributed by atoms with Gasteiger partial charge in [0, 0.05) is 30.6 Å². The van der Waals surface area contributed by atoms with Gasteiger partial charge in [0.2, 0.25) is 11.8 Å². The number of urea groups is 1. The molecule has 0 bridgehead atoms. The van der Waals surface area contributed by atoms with Crippen LogP contribution in [0.2, 0.25) is 0 Å². The molecule has 1 saturated carbocycles. The molecule has 2 aromatic rings. The number of imide groups is 1. The topological polar surface area (TPSA) is 95.8 Å². The highest BCUT2D eigenvalue weighted by Crippen LogP contribution is 2.32. The summed E-state index contributed by atoms with van der Waals surface area (Å²) in [5.74, 6) is -0.117. The van der Waals surface area contributed by atoms with Crippen molar-refractivity contribution < 1.29 is 18.9 Å². The predicted molar refractivity (Wildman–Crippen MR) is 108 cm³/mol. The van der Waals surface area contributed by atoms with Crippen LogP contribution in [0.4, 0.5) is 4.79 Å². The summed E-state index contributed by atoms with van der Waals surface area (Å²) < 4.78 is 5.29. The maximum atomic E-state index is 13.0. The predicted octanol–water partition coefficient (Wildman–Crippen LogP) is 2.47. The Balaban J connectivity index is 1.21. The molecule has 2 unspecified atom stereocenters. The third kappa shape index (κ3) is 3.34. The van der Waals surface area contributed by atoms with Crippen molar-refractivity contribution in [3.63, 3.8) is 0 Å². The Kier molecular flexibility index (Phi) is 4.92. The van der Waals surface area contributed by atoms with Crippen molar-refractivity contribution in [2.45, 2.75) is 57.0 Å². The molecule has 4 amide bonds. The van der Waals surface area contributed by atoms with Gasteiger partial charge < -0.3 is 14.7 Å². The summed E-state index contributed by atoms with van der Waals surface area (Å²) in [7, 11) is 0. The number of benzene rings is 1. The third-order valence-corrected chi connectivity index (χ3v) is 6.80. The molecule has 5 rings (SSSR count). The standard InChI is InChI=1S/C22H26N4O4/c27-20(13-18-15-5-2-4-8-19(15)30-24-18)25-11-9-14(10-12-25)26-21(28)16-6-1-3-7-17(16)23-22(26)29/h2,4-5,8,14,16-17H,1,3,6-7,9-13H2,(H,23,29). The van der Waals surface area contributed by atoms with Crippen molar-refractivity contribution in [2.75, 3.05) is 13.1 Å². The molecule has 8 heteroatoms. The summed E-state index contributed by atoms with van der Waals surface area (Å²) in [6.07, 6.45) is 5.26. The van der Waals surface area contributed by atoms with Gasteiger partial charge in [-0.2, -0.15) is 0 Å². The van der Waals surface area contributed by atoms with E-state index in [1.165, 1.54) is 4.90 Å². The fraction of sp³-hybridized carbons (Fsp3) is 0.545. The van der Waals surface area contributed by atoms with Gasteiger partial charge in [0.15, 0.2) is 5.58 Å². The van der Waals surface area contributed by atoms with Crippen molar-refractivity contribution in [3.05, 3.63) is 30.0 Å². The second kappa shape index (κ2) is 7.74. The number of aromatic nitrogens is 1. The molecule has 0 radical (unpaired) electrons. The molecule has 1 N–H and O–H groups in total. The number of carbonyl (C=O) groups is 3. The molecule has 1 aliphatic carbocycles. The van der Waals surface area contributed by atoms with Crippen LogP contribution < -0.4 is 5.32 Å². The molecule has 3 aliphatic rings. The van der Waals surface area contributed by atoms with Crippen LogP contribution in [0, 0.1) is 5.92 Å². The van der Waals surface area contributed by atoms with Gasteiger partial charge in [-0.15, -0.1) is 0 Å². The summed E-state index contributed by atoms with van der Waals surface area (Å²) in [6.45, 7) is 1.06. The second-order valence-electron chi connectivity index (χ2n) is 8.57.